The van der Waals surface area contributed by atoms with Crippen LogP contribution >= 0.6 is 0 Å². The normalized spacial score (nSPS) is 20.7. The molecule has 2 heterocycles. The third-order valence-corrected chi connectivity index (χ3v) is 6.79. The van der Waals surface area contributed by atoms with E-state index in [-0.39, 0.29) is 29.4 Å². The lowest BCUT2D eigenvalue weighted by molar-refractivity contribution is 0.0730. The zero-order valence-electron chi connectivity index (χ0n) is 14.0. The fourth-order valence-electron chi connectivity index (χ4n) is 3.08. The van der Waals surface area contributed by atoms with E-state index in [0.29, 0.717) is 19.0 Å². The third-order valence-electron chi connectivity index (χ3n) is 4.89. The molecule has 10 heteroatoms. The van der Waals surface area contributed by atoms with Gasteiger partial charge in [0.2, 0.25) is 10.0 Å². The molecule has 140 valence electrons. The Hall–Kier alpha value is -1.88. The van der Waals surface area contributed by atoms with Crippen LogP contribution in [0.2, 0.25) is 0 Å². The Balaban J connectivity index is 1.68. The summed E-state index contributed by atoms with van der Waals surface area (Å²) in [6.07, 6.45) is 2.45. The van der Waals surface area contributed by atoms with Crippen LogP contribution in [0.3, 0.4) is 0 Å². The van der Waals surface area contributed by atoms with Gasteiger partial charge in [0.05, 0.1) is 29.2 Å². The van der Waals surface area contributed by atoms with Crippen molar-refractivity contribution in [1.29, 1.82) is 0 Å². The van der Waals surface area contributed by atoms with Gasteiger partial charge in [0.25, 0.3) is 5.89 Å². The van der Waals surface area contributed by atoms with Crippen LogP contribution in [0.1, 0.15) is 25.1 Å². The molecule has 1 aliphatic carbocycles. The molecule has 0 spiro atoms. The summed E-state index contributed by atoms with van der Waals surface area (Å²) < 4.78 is 51.5. The van der Waals surface area contributed by atoms with Gasteiger partial charge in [-0.3, -0.25) is 0 Å². The molecule has 1 saturated heterocycles. The van der Waals surface area contributed by atoms with Crippen LogP contribution in [0, 0.1) is 5.82 Å². The molecule has 1 aromatic heterocycles. The number of morpholine rings is 1. The van der Waals surface area contributed by atoms with Crippen molar-refractivity contribution in [3.63, 3.8) is 0 Å². The highest BCUT2D eigenvalue weighted by molar-refractivity contribution is 7.89. The molecule has 1 aliphatic heterocycles. The zero-order valence-corrected chi connectivity index (χ0v) is 14.8. The van der Waals surface area contributed by atoms with E-state index in [1.807, 2.05) is 0 Å². The second kappa shape index (κ2) is 6.38. The summed E-state index contributed by atoms with van der Waals surface area (Å²) in [6.45, 7) is 1.18. The van der Waals surface area contributed by atoms with E-state index in [9.17, 15) is 12.8 Å². The summed E-state index contributed by atoms with van der Waals surface area (Å²) in [5.41, 5.74) is 5.46. The smallest absolute Gasteiger partial charge is 0.261 e. The van der Waals surface area contributed by atoms with Crippen molar-refractivity contribution < 1.29 is 22.1 Å². The molecule has 0 amide bonds. The lowest BCUT2D eigenvalue weighted by Gasteiger charge is -2.34. The fraction of sp³-hybridized carbons (Fsp3) is 0.500. The van der Waals surface area contributed by atoms with Gasteiger partial charge in [-0.1, -0.05) is 5.16 Å². The summed E-state index contributed by atoms with van der Waals surface area (Å²) in [5, 5.41) is 3.85. The number of sulfonamides is 1. The number of rotatable bonds is 4. The molecule has 0 radical (unpaired) electrons. The minimum atomic E-state index is -3.75. The van der Waals surface area contributed by atoms with Crippen molar-refractivity contribution >= 4 is 10.0 Å². The number of ether oxygens (including phenoxy) is 1. The van der Waals surface area contributed by atoms with Crippen LogP contribution in [0.5, 0.6) is 0 Å². The number of hydrogen-bond donors (Lipinski definition) is 1. The standard InChI is InChI=1S/C16H19FN4O4S/c17-13-3-2-11(26(22,23)21-6-8-24-9-7-21)10-12(13)14-19-15(20-25-14)16(18)4-1-5-16/h2-3,10H,1,4-9,18H2. The van der Waals surface area contributed by atoms with Gasteiger partial charge >= 0.3 is 0 Å². The van der Waals surface area contributed by atoms with Gasteiger partial charge in [-0.05, 0) is 37.5 Å². The van der Waals surface area contributed by atoms with E-state index in [4.69, 9.17) is 15.0 Å². The molecule has 2 fully saturated rings. The maximum atomic E-state index is 14.3. The predicted molar refractivity (Wildman–Crippen MR) is 89.0 cm³/mol. The van der Waals surface area contributed by atoms with Gasteiger partial charge < -0.3 is 15.0 Å². The molecular formula is C16H19FN4O4S. The first-order valence-corrected chi connectivity index (χ1v) is 9.85. The first kappa shape index (κ1) is 17.5. The highest BCUT2D eigenvalue weighted by atomic mass is 32.2. The van der Waals surface area contributed by atoms with Crippen molar-refractivity contribution in [3.8, 4) is 11.5 Å². The SMILES string of the molecule is NC1(c2noc(-c3cc(S(=O)(=O)N4CCOCC4)ccc3F)n2)CCC1. The van der Waals surface area contributed by atoms with Gasteiger partial charge in [-0.2, -0.15) is 9.29 Å². The van der Waals surface area contributed by atoms with Crippen molar-refractivity contribution in [2.45, 2.75) is 29.7 Å². The van der Waals surface area contributed by atoms with E-state index in [0.717, 1.165) is 25.3 Å². The average molecular weight is 382 g/mol. The lowest BCUT2D eigenvalue weighted by Crippen LogP contribution is -2.44. The molecule has 2 N–H and O–H groups in total. The van der Waals surface area contributed by atoms with Gasteiger partial charge in [0.1, 0.15) is 5.82 Å². The molecule has 0 atom stereocenters. The quantitative estimate of drug-likeness (QED) is 0.846. The molecular weight excluding hydrogens is 363 g/mol. The van der Waals surface area contributed by atoms with E-state index in [2.05, 4.69) is 10.1 Å². The molecule has 2 aliphatic rings. The maximum absolute atomic E-state index is 14.3. The minimum Gasteiger partial charge on any atom is -0.379 e. The first-order chi connectivity index (χ1) is 12.4. The summed E-state index contributed by atoms with van der Waals surface area (Å²) in [5.74, 6) is -0.395. The number of benzene rings is 1. The van der Waals surface area contributed by atoms with Gasteiger partial charge in [0.15, 0.2) is 5.82 Å². The Morgan fingerprint density at radius 1 is 1.23 bits per heavy atom. The predicted octanol–water partition coefficient (Wildman–Crippen LogP) is 1.23. The zero-order chi connectivity index (χ0) is 18.4. The van der Waals surface area contributed by atoms with Gasteiger partial charge in [0, 0.05) is 13.1 Å². The number of halogens is 1. The topological polar surface area (TPSA) is 112 Å². The lowest BCUT2D eigenvalue weighted by atomic mass is 9.77. The second-order valence-electron chi connectivity index (χ2n) is 6.59. The van der Waals surface area contributed by atoms with Crippen LogP contribution in [0.25, 0.3) is 11.5 Å². The summed E-state index contributed by atoms with van der Waals surface area (Å²) >= 11 is 0. The summed E-state index contributed by atoms with van der Waals surface area (Å²) in [7, 11) is -3.75. The second-order valence-corrected chi connectivity index (χ2v) is 8.53. The largest absolute Gasteiger partial charge is 0.379 e. The van der Waals surface area contributed by atoms with Crippen molar-refractivity contribution in [1.82, 2.24) is 14.4 Å². The van der Waals surface area contributed by atoms with Crippen molar-refractivity contribution in [2.75, 3.05) is 26.3 Å². The molecule has 0 bridgehead atoms. The Morgan fingerprint density at radius 2 is 1.96 bits per heavy atom. The first-order valence-electron chi connectivity index (χ1n) is 8.41. The molecule has 4 rings (SSSR count). The summed E-state index contributed by atoms with van der Waals surface area (Å²) in [4.78, 5) is 4.17. The van der Waals surface area contributed by atoms with Gasteiger partial charge in [-0.25, -0.2) is 12.8 Å². The molecule has 2 aromatic rings. The Bertz CT molecular complexity index is 920. The third kappa shape index (κ3) is 2.92. The van der Waals surface area contributed by atoms with Gasteiger partial charge in [-0.15, -0.1) is 0 Å². The molecule has 0 unspecified atom stereocenters. The highest BCUT2D eigenvalue weighted by Crippen LogP contribution is 2.38. The summed E-state index contributed by atoms with van der Waals surface area (Å²) in [6, 6.07) is 3.55. The van der Waals surface area contributed by atoms with Crippen molar-refractivity contribution in [3.05, 3.63) is 29.8 Å². The van der Waals surface area contributed by atoms with Crippen LogP contribution in [-0.4, -0.2) is 49.2 Å². The molecule has 1 aromatic carbocycles. The number of nitrogens with zero attached hydrogens (tertiary/aromatic N) is 3. The van der Waals surface area contributed by atoms with Crippen LogP contribution < -0.4 is 5.73 Å². The van der Waals surface area contributed by atoms with E-state index in [1.165, 1.54) is 16.4 Å². The highest BCUT2D eigenvalue weighted by Gasteiger charge is 2.39. The monoisotopic (exact) mass is 382 g/mol. The Kier molecular flexibility index (Phi) is 4.30. The van der Waals surface area contributed by atoms with E-state index < -0.39 is 21.4 Å². The molecule has 8 nitrogen and oxygen atoms in total. The number of nitrogens with two attached hydrogens (primary N) is 1. The van der Waals surface area contributed by atoms with Crippen molar-refractivity contribution in [2.24, 2.45) is 5.73 Å². The Morgan fingerprint density at radius 3 is 2.62 bits per heavy atom. The molecule has 1 saturated carbocycles. The number of hydrogen-bond acceptors (Lipinski definition) is 7. The van der Waals surface area contributed by atoms with E-state index >= 15 is 0 Å². The molecule has 26 heavy (non-hydrogen) atoms. The van der Waals surface area contributed by atoms with E-state index in [1.54, 1.807) is 0 Å². The van der Waals surface area contributed by atoms with Crippen LogP contribution in [0.15, 0.2) is 27.6 Å². The maximum Gasteiger partial charge on any atom is 0.261 e. The average Bonchev–Trinajstić information content (AvgIpc) is 3.11. The van der Waals surface area contributed by atoms with Crippen LogP contribution in [0.4, 0.5) is 4.39 Å². The number of aromatic nitrogens is 2. The van der Waals surface area contributed by atoms with Crippen LogP contribution in [-0.2, 0) is 20.3 Å². The fourth-order valence-corrected chi connectivity index (χ4v) is 4.52. The Labute approximate surface area is 150 Å². The minimum absolute atomic E-state index is 0.0262.